The Morgan fingerprint density at radius 1 is 1.14 bits per heavy atom. The monoisotopic (exact) mass is 481 g/mol. The molecule has 0 spiro atoms. The number of nitrogens with two attached hydrogens (primary N) is 1. The maximum atomic E-state index is 11.9. The van der Waals surface area contributed by atoms with Crippen LogP contribution in [0.25, 0.3) is 5.69 Å². The van der Waals surface area contributed by atoms with E-state index in [1.165, 1.54) is 0 Å². The first kappa shape index (κ1) is 22.7. The molecule has 12 heteroatoms. The molecule has 1 saturated heterocycles. The molecular formula is C23H27N7O5. The molecule has 3 N–H and O–H groups in total. The van der Waals surface area contributed by atoms with E-state index in [-0.39, 0.29) is 5.91 Å². The summed E-state index contributed by atoms with van der Waals surface area (Å²) in [4.78, 5) is 27.6. The largest absolute Gasteiger partial charge is 0.493 e. The van der Waals surface area contributed by atoms with Crippen LogP contribution in [0.3, 0.4) is 0 Å². The normalized spacial score (nSPS) is 16.8. The Morgan fingerprint density at radius 3 is 2.60 bits per heavy atom. The third kappa shape index (κ3) is 4.16. The number of benzene rings is 1. The average molecular weight is 482 g/mol. The molecule has 3 aromatic rings. The summed E-state index contributed by atoms with van der Waals surface area (Å²) in [5, 5.41) is 3.29. The van der Waals surface area contributed by atoms with Gasteiger partial charge in [0.15, 0.2) is 11.5 Å². The molecule has 0 aliphatic carbocycles. The number of anilines is 3. The lowest BCUT2D eigenvalue weighted by Crippen LogP contribution is -2.41. The van der Waals surface area contributed by atoms with E-state index in [0.29, 0.717) is 61.0 Å². The van der Waals surface area contributed by atoms with E-state index in [1.807, 2.05) is 27.8 Å². The molecule has 1 atom stereocenters. The van der Waals surface area contributed by atoms with Crippen LogP contribution < -0.4 is 30.2 Å². The second-order valence-corrected chi connectivity index (χ2v) is 8.22. The molecule has 184 valence electrons. The quantitative estimate of drug-likeness (QED) is 0.490. The van der Waals surface area contributed by atoms with Gasteiger partial charge < -0.3 is 39.5 Å². The standard InChI is InChI=1S/C23H27N7O5/c1-32-17-7-13(8-18(33-2)20(17)34-3)29-9-19(25-12-29)27-22-14-10-35-11-15(14)26-23(28-22)30-6-4-5-16(30)21(24)31/h7-9,12,16H,4-6,10-11H2,1-3H3,(H2,24,31)(H,26,27,28)/t16-/m0/s1. The predicted octanol–water partition coefficient (Wildman–Crippen LogP) is 1.92. The van der Waals surface area contributed by atoms with Crippen molar-refractivity contribution < 1.29 is 23.7 Å². The van der Waals surface area contributed by atoms with Crippen molar-refractivity contribution in [1.82, 2.24) is 19.5 Å². The number of hydrogen-bond acceptors (Lipinski definition) is 10. The molecule has 1 fully saturated rings. The minimum absolute atomic E-state index is 0.374. The van der Waals surface area contributed by atoms with Crippen LogP contribution in [0.5, 0.6) is 17.2 Å². The molecule has 2 aliphatic heterocycles. The number of fused-ring (bicyclic) bond motifs is 1. The summed E-state index contributed by atoms with van der Waals surface area (Å²) in [6, 6.07) is 3.25. The van der Waals surface area contributed by atoms with Gasteiger partial charge in [0.2, 0.25) is 17.6 Å². The van der Waals surface area contributed by atoms with E-state index < -0.39 is 6.04 Å². The highest BCUT2D eigenvalue weighted by Gasteiger charge is 2.32. The lowest BCUT2D eigenvalue weighted by atomic mass is 10.2. The number of aromatic nitrogens is 4. The highest BCUT2D eigenvalue weighted by molar-refractivity contribution is 5.83. The fourth-order valence-corrected chi connectivity index (χ4v) is 4.44. The third-order valence-electron chi connectivity index (χ3n) is 6.18. The van der Waals surface area contributed by atoms with Crippen molar-refractivity contribution >= 4 is 23.5 Å². The number of amides is 1. The summed E-state index contributed by atoms with van der Waals surface area (Å²) in [7, 11) is 4.70. The van der Waals surface area contributed by atoms with E-state index in [2.05, 4.69) is 15.3 Å². The Balaban J connectivity index is 1.46. The van der Waals surface area contributed by atoms with Gasteiger partial charge >= 0.3 is 0 Å². The fourth-order valence-electron chi connectivity index (χ4n) is 4.44. The van der Waals surface area contributed by atoms with Crippen LogP contribution in [-0.4, -0.2) is 59.3 Å². The molecular weight excluding hydrogens is 454 g/mol. The van der Waals surface area contributed by atoms with Crippen LogP contribution >= 0.6 is 0 Å². The van der Waals surface area contributed by atoms with Crippen LogP contribution in [0, 0.1) is 0 Å². The highest BCUT2D eigenvalue weighted by Crippen LogP contribution is 2.39. The molecule has 4 heterocycles. The van der Waals surface area contributed by atoms with Gasteiger partial charge in [-0.25, -0.2) is 9.97 Å². The Hall–Kier alpha value is -4.06. The maximum Gasteiger partial charge on any atom is 0.240 e. The number of nitrogens with one attached hydrogen (secondary N) is 1. The Bertz CT molecular complexity index is 1240. The number of carbonyl (C=O) groups excluding carboxylic acids is 1. The number of nitrogens with zero attached hydrogens (tertiary/aromatic N) is 5. The molecule has 5 rings (SSSR count). The Kier molecular flexibility index (Phi) is 6.03. The van der Waals surface area contributed by atoms with E-state index in [0.717, 1.165) is 23.4 Å². The van der Waals surface area contributed by atoms with Gasteiger partial charge in [0.05, 0.1) is 52.1 Å². The summed E-state index contributed by atoms with van der Waals surface area (Å²) in [5.41, 5.74) is 8.03. The molecule has 0 saturated carbocycles. The number of primary amides is 1. The van der Waals surface area contributed by atoms with E-state index >= 15 is 0 Å². The third-order valence-corrected chi connectivity index (χ3v) is 6.18. The number of methoxy groups -OCH3 is 3. The summed E-state index contributed by atoms with van der Waals surface area (Å²) in [6.07, 6.45) is 5.04. The van der Waals surface area contributed by atoms with Crippen LogP contribution in [0.15, 0.2) is 24.7 Å². The van der Waals surface area contributed by atoms with Crippen molar-refractivity contribution in [2.24, 2.45) is 5.73 Å². The minimum atomic E-state index is -0.414. The molecule has 0 unspecified atom stereocenters. The van der Waals surface area contributed by atoms with Crippen molar-refractivity contribution in [2.75, 3.05) is 38.1 Å². The number of imidazole rings is 1. The molecule has 2 aromatic heterocycles. The molecule has 0 radical (unpaired) electrons. The zero-order valence-electron chi connectivity index (χ0n) is 19.8. The van der Waals surface area contributed by atoms with Gasteiger partial charge in [-0.15, -0.1) is 0 Å². The number of hydrogen-bond donors (Lipinski definition) is 2. The zero-order chi connectivity index (χ0) is 24.5. The van der Waals surface area contributed by atoms with Gasteiger partial charge in [0.1, 0.15) is 24.0 Å². The van der Waals surface area contributed by atoms with Gasteiger partial charge in [-0.05, 0) is 12.8 Å². The highest BCUT2D eigenvalue weighted by atomic mass is 16.5. The van der Waals surface area contributed by atoms with Gasteiger partial charge in [0.25, 0.3) is 0 Å². The fraction of sp³-hybridized carbons (Fsp3) is 0.391. The van der Waals surface area contributed by atoms with Crippen molar-refractivity contribution in [3.8, 4) is 22.9 Å². The lowest BCUT2D eigenvalue weighted by molar-refractivity contribution is -0.119. The topological polar surface area (TPSA) is 139 Å². The van der Waals surface area contributed by atoms with E-state index in [9.17, 15) is 4.79 Å². The maximum absolute atomic E-state index is 11.9. The summed E-state index contributed by atoms with van der Waals surface area (Å²) >= 11 is 0. The van der Waals surface area contributed by atoms with Crippen molar-refractivity contribution in [3.63, 3.8) is 0 Å². The summed E-state index contributed by atoms with van der Waals surface area (Å²) in [6.45, 7) is 1.45. The lowest BCUT2D eigenvalue weighted by Gasteiger charge is -2.23. The first-order valence-electron chi connectivity index (χ1n) is 11.2. The van der Waals surface area contributed by atoms with Gasteiger partial charge in [-0.2, -0.15) is 4.98 Å². The van der Waals surface area contributed by atoms with Crippen molar-refractivity contribution in [2.45, 2.75) is 32.1 Å². The first-order chi connectivity index (χ1) is 17.0. The molecule has 2 aliphatic rings. The van der Waals surface area contributed by atoms with Gasteiger partial charge in [-0.1, -0.05) is 0 Å². The molecule has 1 aromatic carbocycles. The Labute approximate surface area is 202 Å². The number of carbonyl (C=O) groups is 1. The van der Waals surface area contributed by atoms with Crippen molar-refractivity contribution in [3.05, 3.63) is 35.9 Å². The van der Waals surface area contributed by atoms with Crippen LogP contribution in [0.4, 0.5) is 17.6 Å². The van der Waals surface area contributed by atoms with E-state index in [4.69, 9.17) is 29.7 Å². The second-order valence-electron chi connectivity index (χ2n) is 8.22. The summed E-state index contributed by atoms with van der Waals surface area (Å²) in [5.74, 6) is 2.84. The predicted molar refractivity (Wildman–Crippen MR) is 127 cm³/mol. The zero-order valence-corrected chi connectivity index (χ0v) is 19.8. The SMILES string of the molecule is COc1cc(-n2cnc(Nc3nc(N4CCC[C@H]4C(N)=O)nc4c3COC4)c2)cc(OC)c1OC. The smallest absolute Gasteiger partial charge is 0.240 e. The molecule has 12 nitrogen and oxygen atoms in total. The van der Waals surface area contributed by atoms with Gasteiger partial charge in [0, 0.05) is 24.2 Å². The van der Waals surface area contributed by atoms with Crippen LogP contribution in [0.2, 0.25) is 0 Å². The first-order valence-corrected chi connectivity index (χ1v) is 11.2. The number of rotatable bonds is 8. The number of ether oxygens (including phenoxy) is 4. The minimum Gasteiger partial charge on any atom is -0.493 e. The van der Waals surface area contributed by atoms with Crippen LogP contribution in [-0.2, 0) is 22.7 Å². The van der Waals surface area contributed by atoms with E-state index in [1.54, 1.807) is 27.7 Å². The second kappa shape index (κ2) is 9.29. The average Bonchev–Trinajstić information content (AvgIpc) is 3.63. The molecule has 1 amide bonds. The molecule has 35 heavy (non-hydrogen) atoms. The van der Waals surface area contributed by atoms with Crippen LogP contribution in [0.1, 0.15) is 24.1 Å². The Morgan fingerprint density at radius 2 is 1.91 bits per heavy atom. The van der Waals surface area contributed by atoms with Crippen molar-refractivity contribution in [1.29, 1.82) is 0 Å². The summed E-state index contributed by atoms with van der Waals surface area (Å²) < 4.78 is 23.8. The molecule has 0 bridgehead atoms. The van der Waals surface area contributed by atoms with Gasteiger partial charge in [-0.3, -0.25) is 4.79 Å².